The SMILES string of the molecule is C#CCC(O)c1ccc(C)nn1. The first kappa shape index (κ1) is 8.69. The molecule has 0 aliphatic heterocycles. The molecule has 3 heteroatoms. The Kier molecular flexibility index (Phi) is 2.78. The maximum atomic E-state index is 9.37. The van der Waals surface area contributed by atoms with Crippen molar-refractivity contribution in [2.45, 2.75) is 19.4 Å². The van der Waals surface area contributed by atoms with Crippen molar-refractivity contribution in [3.8, 4) is 12.3 Å². The van der Waals surface area contributed by atoms with Gasteiger partial charge in [-0.15, -0.1) is 12.3 Å². The Hall–Kier alpha value is -1.40. The summed E-state index contributed by atoms with van der Waals surface area (Å²) in [5.74, 6) is 2.36. The maximum Gasteiger partial charge on any atom is 0.109 e. The molecule has 0 saturated heterocycles. The Bertz CT molecular complexity index is 286. The minimum Gasteiger partial charge on any atom is -0.386 e. The zero-order valence-corrected chi connectivity index (χ0v) is 6.86. The van der Waals surface area contributed by atoms with Crippen molar-refractivity contribution in [2.24, 2.45) is 0 Å². The van der Waals surface area contributed by atoms with E-state index in [1.165, 1.54) is 0 Å². The van der Waals surface area contributed by atoms with Gasteiger partial charge in [0.05, 0.1) is 11.4 Å². The molecule has 1 N–H and O–H groups in total. The number of rotatable bonds is 2. The monoisotopic (exact) mass is 162 g/mol. The summed E-state index contributed by atoms with van der Waals surface area (Å²) in [6.07, 6.45) is 4.62. The third-order valence-corrected chi connectivity index (χ3v) is 1.47. The molecular formula is C9H10N2O. The third kappa shape index (κ3) is 2.04. The summed E-state index contributed by atoms with van der Waals surface area (Å²) in [5.41, 5.74) is 1.35. The van der Waals surface area contributed by atoms with Crippen LogP contribution in [-0.4, -0.2) is 15.3 Å². The summed E-state index contributed by atoms with van der Waals surface area (Å²) in [6, 6.07) is 3.52. The van der Waals surface area contributed by atoms with Crippen LogP contribution < -0.4 is 0 Å². The van der Waals surface area contributed by atoms with E-state index >= 15 is 0 Å². The van der Waals surface area contributed by atoms with Gasteiger partial charge in [0.25, 0.3) is 0 Å². The van der Waals surface area contributed by atoms with Gasteiger partial charge in [0.15, 0.2) is 0 Å². The average Bonchev–Trinajstić information content (AvgIpc) is 2.06. The van der Waals surface area contributed by atoms with Gasteiger partial charge < -0.3 is 5.11 Å². The van der Waals surface area contributed by atoms with Gasteiger partial charge in [-0.2, -0.15) is 10.2 Å². The normalized spacial score (nSPS) is 12.1. The van der Waals surface area contributed by atoms with Crippen molar-refractivity contribution in [3.63, 3.8) is 0 Å². The Balaban J connectivity index is 2.76. The van der Waals surface area contributed by atoms with Gasteiger partial charge in [-0.25, -0.2) is 0 Å². The van der Waals surface area contributed by atoms with Gasteiger partial charge in [-0.3, -0.25) is 0 Å². The molecule has 0 spiro atoms. The minimum absolute atomic E-state index is 0.276. The molecule has 1 rings (SSSR count). The lowest BCUT2D eigenvalue weighted by atomic mass is 10.2. The average molecular weight is 162 g/mol. The first-order valence-electron chi connectivity index (χ1n) is 3.66. The Morgan fingerprint density at radius 2 is 2.33 bits per heavy atom. The molecular weight excluding hydrogens is 152 g/mol. The molecule has 0 saturated carbocycles. The zero-order chi connectivity index (χ0) is 8.97. The molecule has 0 amide bonds. The van der Waals surface area contributed by atoms with E-state index in [4.69, 9.17) is 6.42 Å². The highest BCUT2D eigenvalue weighted by Gasteiger charge is 2.06. The van der Waals surface area contributed by atoms with Crippen molar-refractivity contribution >= 4 is 0 Å². The number of terminal acetylenes is 1. The van der Waals surface area contributed by atoms with Crippen LogP contribution in [0.2, 0.25) is 0 Å². The number of aryl methyl sites for hydroxylation is 1. The predicted octanol–water partition coefficient (Wildman–Crippen LogP) is 0.842. The molecule has 0 fully saturated rings. The number of aromatic nitrogens is 2. The van der Waals surface area contributed by atoms with Crippen molar-refractivity contribution in [3.05, 3.63) is 23.5 Å². The van der Waals surface area contributed by atoms with E-state index in [1.807, 2.05) is 6.92 Å². The Morgan fingerprint density at radius 1 is 1.58 bits per heavy atom. The van der Waals surface area contributed by atoms with Crippen molar-refractivity contribution in [1.82, 2.24) is 10.2 Å². The van der Waals surface area contributed by atoms with Crippen molar-refractivity contribution < 1.29 is 5.11 Å². The fourth-order valence-corrected chi connectivity index (χ4v) is 0.803. The zero-order valence-electron chi connectivity index (χ0n) is 6.86. The van der Waals surface area contributed by atoms with Crippen LogP contribution in [0, 0.1) is 19.3 Å². The largest absolute Gasteiger partial charge is 0.386 e. The molecule has 0 bridgehead atoms. The summed E-state index contributed by atoms with van der Waals surface area (Å²) in [4.78, 5) is 0. The van der Waals surface area contributed by atoms with E-state index in [0.717, 1.165) is 5.69 Å². The fourth-order valence-electron chi connectivity index (χ4n) is 0.803. The van der Waals surface area contributed by atoms with Crippen LogP contribution in [0.5, 0.6) is 0 Å². The summed E-state index contributed by atoms with van der Waals surface area (Å²) >= 11 is 0. The van der Waals surface area contributed by atoms with Gasteiger partial charge in [-0.05, 0) is 19.1 Å². The second kappa shape index (κ2) is 3.84. The lowest BCUT2D eigenvalue weighted by Crippen LogP contribution is -2.01. The Labute approximate surface area is 71.5 Å². The number of aliphatic hydroxyl groups excluding tert-OH is 1. The standard InChI is InChI=1S/C9H10N2O/c1-3-4-9(12)8-6-5-7(2)10-11-8/h1,5-6,9,12H,4H2,2H3. The van der Waals surface area contributed by atoms with Gasteiger partial charge in [0, 0.05) is 6.42 Å². The summed E-state index contributed by atoms with van der Waals surface area (Å²) in [7, 11) is 0. The molecule has 12 heavy (non-hydrogen) atoms. The quantitative estimate of drug-likeness (QED) is 0.655. The summed E-state index contributed by atoms with van der Waals surface area (Å²) in [6.45, 7) is 1.84. The van der Waals surface area contributed by atoms with Crippen LogP contribution >= 0.6 is 0 Å². The highest BCUT2D eigenvalue weighted by molar-refractivity contribution is 5.09. The Morgan fingerprint density at radius 3 is 2.83 bits per heavy atom. The van der Waals surface area contributed by atoms with Crippen LogP contribution in [0.4, 0.5) is 0 Å². The molecule has 1 heterocycles. The number of hydrogen-bond acceptors (Lipinski definition) is 3. The van der Waals surface area contributed by atoms with E-state index in [1.54, 1.807) is 12.1 Å². The second-order valence-electron chi connectivity index (χ2n) is 2.52. The van der Waals surface area contributed by atoms with E-state index in [2.05, 4.69) is 16.1 Å². The molecule has 0 aliphatic carbocycles. The molecule has 1 aromatic rings. The van der Waals surface area contributed by atoms with E-state index in [0.29, 0.717) is 5.69 Å². The number of aliphatic hydroxyl groups is 1. The van der Waals surface area contributed by atoms with Gasteiger partial charge in [0.2, 0.25) is 0 Å². The molecule has 1 unspecified atom stereocenters. The van der Waals surface area contributed by atoms with E-state index < -0.39 is 6.10 Å². The summed E-state index contributed by atoms with van der Waals surface area (Å²) < 4.78 is 0. The number of hydrogen-bond donors (Lipinski definition) is 1. The van der Waals surface area contributed by atoms with Crippen LogP contribution in [-0.2, 0) is 0 Å². The summed E-state index contributed by atoms with van der Waals surface area (Å²) in [5, 5.41) is 17.0. The van der Waals surface area contributed by atoms with E-state index in [9.17, 15) is 5.11 Å². The molecule has 1 atom stereocenters. The maximum absolute atomic E-state index is 9.37. The molecule has 0 radical (unpaired) electrons. The fraction of sp³-hybridized carbons (Fsp3) is 0.333. The van der Waals surface area contributed by atoms with Crippen LogP contribution in [0.1, 0.15) is 23.9 Å². The highest BCUT2D eigenvalue weighted by Crippen LogP contribution is 2.11. The molecule has 0 aromatic carbocycles. The lowest BCUT2D eigenvalue weighted by molar-refractivity contribution is 0.178. The smallest absolute Gasteiger partial charge is 0.109 e. The van der Waals surface area contributed by atoms with Crippen molar-refractivity contribution in [2.75, 3.05) is 0 Å². The molecule has 62 valence electrons. The van der Waals surface area contributed by atoms with Gasteiger partial charge in [-0.1, -0.05) is 0 Å². The first-order valence-corrected chi connectivity index (χ1v) is 3.66. The van der Waals surface area contributed by atoms with Crippen LogP contribution in [0.15, 0.2) is 12.1 Å². The van der Waals surface area contributed by atoms with E-state index in [-0.39, 0.29) is 6.42 Å². The third-order valence-electron chi connectivity index (χ3n) is 1.47. The minimum atomic E-state index is -0.692. The van der Waals surface area contributed by atoms with Crippen LogP contribution in [0.3, 0.4) is 0 Å². The molecule has 3 nitrogen and oxygen atoms in total. The molecule has 0 aliphatic rings. The molecule has 1 aromatic heterocycles. The topological polar surface area (TPSA) is 46.0 Å². The highest BCUT2D eigenvalue weighted by atomic mass is 16.3. The van der Waals surface area contributed by atoms with Gasteiger partial charge in [0.1, 0.15) is 6.10 Å². The second-order valence-corrected chi connectivity index (χ2v) is 2.52. The lowest BCUT2D eigenvalue weighted by Gasteiger charge is -2.04. The predicted molar refractivity (Wildman–Crippen MR) is 45.2 cm³/mol. The van der Waals surface area contributed by atoms with Gasteiger partial charge >= 0.3 is 0 Å². The first-order chi connectivity index (χ1) is 5.74. The van der Waals surface area contributed by atoms with Crippen LogP contribution in [0.25, 0.3) is 0 Å². The number of nitrogens with zero attached hydrogens (tertiary/aromatic N) is 2. The van der Waals surface area contributed by atoms with Crippen molar-refractivity contribution in [1.29, 1.82) is 0 Å².